The summed E-state index contributed by atoms with van der Waals surface area (Å²) in [6.45, 7) is 5.37. The van der Waals surface area contributed by atoms with Gasteiger partial charge in [0.05, 0.1) is 11.4 Å². The van der Waals surface area contributed by atoms with Crippen molar-refractivity contribution in [2.75, 3.05) is 5.32 Å². The van der Waals surface area contributed by atoms with Crippen LogP contribution < -0.4 is 10.0 Å². The second-order valence-corrected chi connectivity index (χ2v) is 8.42. The maximum Gasteiger partial charge on any atom is 0.240 e. The maximum atomic E-state index is 12.4. The van der Waals surface area contributed by atoms with Crippen LogP contribution in [-0.4, -0.2) is 19.5 Å². The summed E-state index contributed by atoms with van der Waals surface area (Å²) < 4.78 is 38.0. The molecule has 0 atom stereocenters. The van der Waals surface area contributed by atoms with Gasteiger partial charge in [-0.25, -0.2) is 13.1 Å². The zero-order valence-corrected chi connectivity index (χ0v) is 17.7. The number of aryl methyl sites for hydroxylation is 2. The predicted molar refractivity (Wildman–Crippen MR) is 113 cm³/mol. The van der Waals surface area contributed by atoms with Crippen molar-refractivity contribution >= 4 is 33.8 Å². The molecule has 0 bridgehead atoms. The van der Waals surface area contributed by atoms with Crippen molar-refractivity contribution in [2.24, 2.45) is 0 Å². The van der Waals surface area contributed by atoms with Crippen molar-refractivity contribution in [3.8, 4) is 0 Å². The fourth-order valence-electron chi connectivity index (χ4n) is 2.64. The molecule has 0 aliphatic rings. The minimum atomic E-state index is -3.66. The lowest BCUT2D eigenvalue weighted by Gasteiger charge is -2.06. The second kappa shape index (κ2) is 9.10. The zero-order chi connectivity index (χ0) is 21.7. The first kappa shape index (κ1) is 21.5. The molecule has 1 amide bonds. The van der Waals surface area contributed by atoms with E-state index in [1.54, 1.807) is 57.2 Å². The Balaban J connectivity index is 1.69. The number of benzene rings is 1. The number of furan rings is 1. The van der Waals surface area contributed by atoms with Crippen LogP contribution >= 0.6 is 0 Å². The first-order valence-corrected chi connectivity index (χ1v) is 10.9. The van der Waals surface area contributed by atoms with Crippen LogP contribution in [0.25, 0.3) is 12.2 Å². The molecule has 0 spiro atoms. The Morgan fingerprint density at radius 2 is 1.83 bits per heavy atom. The van der Waals surface area contributed by atoms with Gasteiger partial charge in [0, 0.05) is 6.42 Å². The van der Waals surface area contributed by atoms with Gasteiger partial charge in [-0.15, -0.1) is 0 Å². The van der Waals surface area contributed by atoms with E-state index in [0.29, 0.717) is 29.3 Å². The summed E-state index contributed by atoms with van der Waals surface area (Å²) in [5.41, 5.74) is 1.86. The van der Waals surface area contributed by atoms with Gasteiger partial charge in [-0.1, -0.05) is 30.3 Å². The van der Waals surface area contributed by atoms with Crippen molar-refractivity contribution in [2.45, 2.75) is 38.6 Å². The minimum absolute atomic E-state index is 0.0783. The van der Waals surface area contributed by atoms with Gasteiger partial charge in [-0.3, -0.25) is 4.79 Å². The minimum Gasteiger partial charge on any atom is -0.465 e. The van der Waals surface area contributed by atoms with Gasteiger partial charge >= 0.3 is 0 Å². The number of amides is 1. The van der Waals surface area contributed by atoms with E-state index in [2.05, 4.69) is 15.2 Å². The van der Waals surface area contributed by atoms with Crippen LogP contribution in [0.3, 0.4) is 0 Å². The summed E-state index contributed by atoms with van der Waals surface area (Å²) in [5, 5.41) is 6.63. The molecular formula is C21H23N3O5S. The van der Waals surface area contributed by atoms with Crippen LogP contribution in [0.2, 0.25) is 0 Å². The highest BCUT2D eigenvalue weighted by atomic mass is 32.2. The number of hydrogen-bond donors (Lipinski definition) is 2. The number of aromatic nitrogens is 1. The molecule has 9 heteroatoms. The van der Waals surface area contributed by atoms with Crippen LogP contribution in [-0.2, 0) is 21.4 Å². The number of rotatable bonds is 8. The zero-order valence-electron chi connectivity index (χ0n) is 16.9. The Morgan fingerprint density at radius 1 is 1.10 bits per heavy atom. The van der Waals surface area contributed by atoms with Crippen molar-refractivity contribution in [1.82, 2.24) is 9.88 Å². The number of nitrogens with zero attached hydrogens (tertiary/aromatic N) is 1. The van der Waals surface area contributed by atoms with Gasteiger partial charge in [0.2, 0.25) is 15.9 Å². The van der Waals surface area contributed by atoms with Crippen molar-refractivity contribution < 1.29 is 22.2 Å². The van der Waals surface area contributed by atoms with E-state index < -0.39 is 10.0 Å². The summed E-state index contributed by atoms with van der Waals surface area (Å²) in [4.78, 5) is 11.8. The average molecular weight is 429 g/mol. The summed E-state index contributed by atoms with van der Waals surface area (Å²) in [6, 6.07) is 9.89. The van der Waals surface area contributed by atoms with Crippen LogP contribution in [0, 0.1) is 13.8 Å². The topological polar surface area (TPSA) is 114 Å². The molecule has 2 N–H and O–H groups in total. The quantitative estimate of drug-likeness (QED) is 0.562. The van der Waals surface area contributed by atoms with Crippen molar-refractivity contribution in [3.05, 3.63) is 64.9 Å². The summed E-state index contributed by atoms with van der Waals surface area (Å²) in [6.07, 6.45) is 3.76. The summed E-state index contributed by atoms with van der Waals surface area (Å²) in [5.74, 6) is 1.55. The lowest BCUT2D eigenvalue weighted by molar-refractivity contribution is -0.115. The molecule has 0 aliphatic carbocycles. The van der Waals surface area contributed by atoms with Gasteiger partial charge in [-0.2, -0.15) is 0 Å². The maximum absolute atomic E-state index is 12.4. The number of hydrogen-bond acceptors (Lipinski definition) is 6. The molecule has 158 valence electrons. The Kier molecular flexibility index (Phi) is 6.53. The number of carbonyl (C=O) groups is 1. The number of sulfonamides is 1. The van der Waals surface area contributed by atoms with E-state index in [4.69, 9.17) is 8.94 Å². The molecule has 0 saturated heterocycles. The first-order chi connectivity index (χ1) is 14.3. The molecule has 8 nitrogen and oxygen atoms in total. The third kappa shape index (κ3) is 5.25. The highest BCUT2D eigenvalue weighted by Crippen LogP contribution is 2.23. The second-order valence-electron chi connectivity index (χ2n) is 6.65. The largest absolute Gasteiger partial charge is 0.465 e. The van der Waals surface area contributed by atoms with Crippen molar-refractivity contribution in [1.29, 1.82) is 0 Å². The Morgan fingerprint density at radius 3 is 2.47 bits per heavy atom. The lowest BCUT2D eigenvalue weighted by atomic mass is 10.2. The van der Waals surface area contributed by atoms with Crippen molar-refractivity contribution in [3.63, 3.8) is 0 Å². The van der Waals surface area contributed by atoms with E-state index in [0.717, 1.165) is 11.3 Å². The lowest BCUT2D eigenvalue weighted by Crippen LogP contribution is -2.22. The third-order valence-electron chi connectivity index (χ3n) is 4.32. The standard InChI is InChI=1S/C21H23N3O5S/c1-4-20(25)23-21-15(3)24-29-19(21)12-8-16-6-10-18(11-7-16)30(26,27)22-13-17-9-5-14(2)28-17/h5-12,22H,4,13H2,1-3H3,(H,23,25). The number of nitrogens with one attached hydrogen (secondary N) is 2. The Bertz CT molecular complexity index is 1160. The first-order valence-electron chi connectivity index (χ1n) is 9.37. The molecule has 3 rings (SSSR count). The molecule has 2 heterocycles. The van der Waals surface area contributed by atoms with Crippen LogP contribution in [0.15, 0.2) is 50.2 Å². The number of anilines is 1. The normalized spacial score (nSPS) is 11.8. The molecule has 0 saturated carbocycles. The van der Waals surface area contributed by atoms with E-state index in [1.165, 1.54) is 12.1 Å². The van der Waals surface area contributed by atoms with Gasteiger partial charge in [0.25, 0.3) is 0 Å². The number of carbonyl (C=O) groups excluding carboxylic acids is 1. The SMILES string of the molecule is CCC(=O)Nc1c(C)noc1C=Cc1ccc(S(=O)(=O)NCc2ccc(C)o2)cc1. The van der Waals surface area contributed by atoms with Crippen LogP contribution in [0.5, 0.6) is 0 Å². The molecule has 0 aliphatic heterocycles. The highest BCUT2D eigenvalue weighted by molar-refractivity contribution is 7.89. The van der Waals surface area contributed by atoms with E-state index in [-0.39, 0.29) is 17.3 Å². The predicted octanol–water partition coefficient (Wildman–Crippen LogP) is 3.88. The summed E-state index contributed by atoms with van der Waals surface area (Å²) >= 11 is 0. The van der Waals surface area contributed by atoms with Crippen LogP contribution in [0.1, 0.15) is 41.9 Å². The molecule has 2 aromatic heterocycles. The van der Waals surface area contributed by atoms with E-state index in [1.807, 2.05) is 0 Å². The fourth-order valence-corrected chi connectivity index (χ4v) is 3.63. The van der Waals surface area contributed by atoms with Crippen LogP contribution in [0.4, 0.5) is 5.69 Å². The smallest absolute Gasteiger partial charge is 0.240 e. The summed E-state index contributed by atoms with van der Waals surface area (Å²) in [7, 11) is -3.66. The van der Waals surface area contributed by atoms with Gasteiger partial charge < -0.3 is 14.3 Å². The highest BCUT2D eigenvalue weighted by Gasteiger charge is 2.15. The molecule has 0 radical (unpaired) electrons. The Hall–Kier alpha value is -3.17. The monoisotopic (exact) mass is 429 g/mol. The van der Waals surface area contributed by atoms with Gasteiger partial charge in [0.15, 0.2) is 5.76 Å². The molecule has 0 fully saturated rings. The molecular weight excluding hydrogens is 406 g/mol. The third-order valence-corrected chi connectivity index (χ3v) is 5.74. The molecule has 3 aromatic rings. The molecule has 0 unspecified atom stereocenters. The van der Waals surface area contributed by atoms with E-state index in [9.17, 15) is 13.2 Å². The molecule has 30 heavy (non-hydrogen) atoms. The van der Waals surface area contributed by atoms with Gasteiger partial charge in [-0.05, 0) is 49.8 Å². The van der Waals surface area contributed by atoms with Gasteiger partial charge in [0.1, 0.15) is 22.9 Å². The average Bonchev–Trinajstić information content (AvgIpc) is 3.31. The fraction of sp³-hybridized carbons (Fsp3) is 0.238. The van der Waals surface area contributed by atoms with E-state index >= 15 is 0 Å². The Labute approximate surface area is 175 Å². The molecule has 1 aromatic carbocycles.